The van der Waals surface area contributed by atoms with Crippen LogP contribution in [-0.2, 0) is 0 Å². The number of fused-ring (bicyclic) bond motifs is 5. The Morgan fingerprint density at radius 1 is 0.442 bits per heavy atom. The molecule has 52 heavy (non-hydrogen) atoms. The van der Waals surface area contributed by atoms with Crippen molar-refractivity contribution in [2.45, 2.75) is 0 Å². The van der Waals surface area contributed by atoms with Gasteiger partial charge in [0.1, 0.15) is 11.3 Å². The van der Waals surface area contributed by atoms with E-state index in [1.165, 1.54) is 0 Å². The van der Waals surface area contributed by atoms with E-state index in [1.54, 1.807) is 24.8 Å². The maximum atomic E-state index is 6.97. The minimum absolute atomic E-state index is 0.637. The highest BCUT2D eigenvalue weighted by Gasteiger charge is 2.23. The van der Waals surface area contributed by atoms with Crippen molar-refractivity contribution < 1.29 is 4.42 Å². The summed E-state index contributed by atoms with van der Waals surface area (Å²) in [7, 11) is 0. The summed E-state index contributed by atoms with van der Waals surface area (Å²) in [6.07, 6.45) is 7.10. The number of hydrogen-bond donors (Lipinski definition) is 0. The Balaban J connectivity index is 1.20. The lowest BCUT2D eigenvalue weighted by Gasteiger charge is -2.12. The summed E-state index contributed by atoms with van der Waals surface area (Å²) in [5, 5.41) is 3.30. The molecule has 0 fully saturated rings. The Morgan fingerprint density at radius 2 is 1.08 bits per heavy atom. The largest absolute Gasteiger partial charge is 0.455 e. The number of hydrogen-bond acceptors (Lipinski definition) is 5. The van der Waals surface area contributed by atoms with Gasteiger partial charge in [0.15, 0.2) is 5.82 Å². The molecule has 5 heterocycles. The average molecular weight is 668 g/mol. The normalized spacial score (nSPS) is 11.5. The second-order valence-corrected chi connectivity index (χ2v) is 12.7. The first-order chi connectivity index (χ1) is 25.8. The minimum Gasteiger partial charge on any atom is -0.455 e. The van der Waals surface area contributed by atoms with E-state index in [9.17, 15) is 0 Å². The van der Waals surface area contributed by atoms with E-state index in [1.807, 2.05) is 36.4 Å². The van der Waals surface area contributed by atoms with Gasteiger partial charge in [-0.3, -0.25) is 9.97 Å². The molecule has 10 rings (SSSR count). The number of para-hydroxylation sites is 1. The van der Waals surface area contributed by atoms with E-state index in [0.29, 0.717) is 5.82 Å². The highest BCUT2D eigenvalue weighted by atomic mass is 16.3. The molecule has 0 aliphatic rings. The Labute approximate surface area is 299 Å². The van der Waals surface area contributed by atoms with Crippen molar-refractivity contribution in [3.05, 3.63) is 176 Å². The molecule has 0 spiro atoms. The summed E-state index contributed by atoms with van der Waals surface area (Å²) >= 11 is 0. The highest BCUT2D eigenvalue weighted by Crippen LogP contribution is 2.46. The first kappa shape index (κ1) is 29.7. The van der Waals surface area contributed by atoms with Crippen molar-refractivity contribution in [2.75, 3.05) is 0 Å². The van der Waals surface area contributed by atoms with Gasteiger partial charge in [0, 0.05) is 69.1 Å². The lowest BCUT2D eigenvalue weighted by Crippen LogP contribution is -1.98. The molecular formula is C46H29N5O. The van der Waals surface area contributed by atoms with Crippen LogP contribution in [0.1, 0.15) is 0 Å². The zero-order chi connectivity index (χ0) is 34.4. The zero-order valence-corrected chi connectivity index (χ0v) is 27.9. The first-order valence-corrected chi connectivity index (χ1v) is 17.2. The lowest BCUT2D eigenvalue weighted by atomic mass is 9.98. The number of aromatic nitrogens is 5. The van der Waals surface area contributed by atoms with Gasteiger partial charge in [0.25, 0.3) is 0 Å². The van der Waals surface area contributed by atoms with Gasteiger partial charge in [0.05, 0.1) is 27.8 Å². The fraction of sp³-hybridized carbons (Fsp3) is 0. The first-order valence-electron chi connectivity index (χ1n) is 17.2. The summed E-state index contributed by atoms with van der Waals surface area (Å²) in [5.41, 5.74) is 11.8. The molecule has 0 saturated heterocycles. The van der Waals surface area contributed by atoms with Crippen molar-refractivity contribution in [1.82, 2.24) is 24.5 Å². The Kier molecular flexibility index (Phi) is 7.03. The smallest absolute Gasteiger partial charge is 0.160 e. The number of furan rings is 1. The molecule has 0 aliphatic heterocycles. The predicted octanol–water partition coefficient (Wildman–Crippen LogP) is 11.4. The summed E-state index contributed by atoms with van der Waals surface area (Å²) in [4.78, 5) is 18.5. The molecule has 0 unspecified atom stereocenters. The molecule has 0 aliphatic carbocycles. The fourth-order valence-electron chi connectivity index (χ4n) is 7.27. The van der Waals surface area contributed by atoms with Crippen molar-refractivity contribution in [1.29, 1.82) is 0 Å². The zero-order valence-electron chi connectivity index (χ0n) is 27.9. The van der Waals surface area contributed by atoms with E-state index < -0.39 is 0 Å². The average Bonchev–Trinajstić information content (AvgIpc) is 3.78. The molecule has 0 atom stereocenters. The van der Waals surface area contributed by atoms with E-state index >= 15 is 0 Å². The number of nitrogens with zero attached hydrogens (tertiary/aromatic N) is 5. The molecule has 0 saturated carbocycles. The molecule has 5 aromatic heterocycles. The van der Waals surface area contributed by atoms with Gasteiger partial charge in [-0.05, 0) is 66.2 Å². The van der Waals surface area contributed by atoms with Gasteiger partial charge in [-0.15, -0.1) is 0 Å². The Hall–Kier alpha value is -7.18. The van der Waals surface area contributed by atoms with Crippen LogP contribution in [0.3, 0.4) is 0 Å². The molecule has 6 nitrogen and oxygen atoms in total. The van der Waals surface area contributed by atoms with Crippen LogP contribution in [0.2, 0.25) is 0 Å². The van der Waals surface area contributed by atoms with Crippen molar-refractivity contribution in [2.24, 2.45) is 0 Å². The second-order valence-electron chi connectivity index (χ2n) is 12.7. The van der Waals surface area contributed by atoms with Crippen LogP contribution in [0, 0.1) is 0 Å². The van der Waals surface area contributed by atoms with Gasteiger partial charge in [-0.25, -0.2) is 9.97 Å². The molecule has 10 aromatic rings. The minimum atomic E-state index is 0.637. The molecule has 0 amide bonds. The summed E-state index contributed by atoms with van der Waals surface area (Å²) in [5.74, 6) is 1.50. The van der Waals surface area contributed by atoms with E-state index in [-0.39, 0.29) is 0 Å². The SMILES string of the molecule is c1ccc(-c2oc3c(ccc4c3c3ccccc3n4-c3cccc(-c4cc(-c5ccncc5)nc(-c5ccncc5)n4)c3)c2-c2ccccc2)cc1. The number of benzene rings is 5. The van der Waals surface area contributed by atoms with Crippen LogP contribution < -0.4 is 0 Å². The van der Waals surface area contributed by atoms with Crippen molar-refractivity contribution >= 4 is 32.8 Å². The van der Waals surface area contributed by atoms with Crippen molar-refractivity contribution in [3.8, 4) is 62.0 Å². The monoisotopic (exact) mass is 667 g/mol. The Bertz CT molecular complexity index is 2820. The molecular weight excluding hydrogens is 639 g/mol. The standard InChI is InChI=1S/C46H29N5O/c1-3-10-31(11-4-1)42-37-18-19-41-43(45(37)52-44(42)32-12-5-2-6-13-32)36-16-7-8-17-40(36)51(41)35-15-9-14-34(28-35)39-29-38(30-20-24-47-25-21-30)49-46(50-39)33-22-26-48-27-23-33/h1-29H. The van der Waals surface area contributed by atoms with E-state index in [2.05, 4.69) is 130 Å². The molecule has 5 aromatic carbocycles. The third kappa shape index (κ3) is 4.96. The van der Waals surface area contributed by atoms with Gasteiger partial charge >= 0.3 is 0 Å². The molecule has 0 bridgehead atoms. The maximum absolute atomic E-state index is 6.97. The van der Waals surface area contributed by atoms with Crippen LogP contribution >= 0.6 is 0 Å². The van der Waals surface area contributed by atoms with E-state index in [0.717, 1.165) is 89.0 Å². The predicted molar refractivity (Wildman–Crippen MR) is 209 cm³/mol. The second kappa shape index (κ2) is 12.3. The summed E-state index contributed by atoms with van der Waals surface area (Å²) in [6, 6.07) is 52.3. The number of pyridine rings is 2. The molecule has 0 N–H and O–H groups in total. The van der Waals surface area contributed by atoms with Crippen LogP contribution in [0.4, 0.5) is 0 Å². The van der Waals surface area contributed by atoms with E-state index in [4.69, 9.17) is 14.4 Å². The number of rotatable bonds is 6. The quantitative estimate of drug-likeness (QED) is 0.176. The molecule has 0 radical (unpaired) electrons. The van der Waals surface area contributed by atoms with Crippen molar-refractivity contribution in [3.63, 3.8) is 0 Å². The van der Waals surface area contributed by atoms with Gasteiger partial charge in [0.2, 0.25) is 0 Å². The Morgan fingerprint density at radius 3 is 1.83 bits per heavy atom. The van der Waals surface area contributed by atoms with Crippen LogP contribution in [0.25, 0.3) is 94.8 Å². The molecule has 244 valence electrons. The lowest BCUT2D eigenvalue weighted by molar-refractivity contribution is 0.636. The van der Waals surface area contributed by atoms with Crippen LogP contribution in [-0.4, -0.2) is 24.5 Å². The van der Waals surface area contributed by atoms with Gasteiger partial charge < -0.3 is 8.98 Å². The highest BCUT2D eigenvalue weighted by molar-refractivity contribution is 6.22. The van der Waals surface area contributed by atoms with Crippen LogP contribution in [0.5, 0.6) is 0 Å². The maximum Gasteiger partial charge on any atom is 0.160 e. The van der Waals surface area contributed by atoms with Gasteiger partial charge in [-0.1, -0.05) is 91.0 Å². The third-order valence-electron chi connectivity index (χ3n) is 9.63. The summed E-state index contributed by atoms with van der Waals surface area (Å²) in [6.45, 7) is 0. The summed E-state index contributed by atoms with van der Waals surface area (Å²) < 4.78 is 9.30. The molecule has 6 heteroatoms. The van der Waals surface area contributed by atoms with Crippen LogP contribution in [0.15, 0.2) is 181 Å². The fourth-order valence-corrected chi connectivity index (χ4v) is 7.27. The van der Waals surface area contributed by atoms with Gasteiger partial charge in [-0.2, -0.15) is 0 Å². The third-order valence-corrected chi connectivity index (χ3v) is 9.63. The topological polar surface area (TPSA) is 69.6 Å².